The van der Waals surface area contributed by atoms with Gasteiger partial charge in [-0.2, -0.15) is 13.2 Å². The molecule has 3 nitrogen and oxygen atoms in total. The zero-order chi connectivity index (χ0) is 12.0. The first-order valence-corrected chi connectivity index (χ1v) is 5.14. The van der Waals surface area contributed by atoms with Gasteiger partial charge in [-0.3, -0.25) is 4.98 Å². The van der Waals surface area contributed by atoms with Gasteiger partial charge in [-0.1, -0.05) is 0 Å². The molecule has 0 fully saturated rings. The number of aromatic nitrogens is 1. The lowest BCUT2D eigenvalue weighted by Gasteiger charge is -2.08. The fourth-order valence-electron chi connectivity index (χ4n) is 0.878. The molecule has 0 bridgehead atoms. The van der Waals surface area contributed by atoms with Crippen LogP contribution in [-0.4, -0.2) is 31.0 Å². The standard InChI is InChI=1S/C9H9BrF3NO2/c10-7-3-8(5-14-4-7)16-2-1-15-6-9(11,12)13/h3-5H,1-2,6H2. The summed E-state index contributed by atoms with van der Waals surface area (Å²) in [7, 11) is 0. The smallest absolute Gasteiger partial charge is 0.411 e. The minimum absolute atomic E-state index is 0.0498. The molecule has 0 spiro atoms. The highest BCUT2D eigenvalue weighted by molar-refractivity contribution is 9.10. The Labute approximate surface area is 98.7 Å². The largest absolute Gasteiger partial charge is 0.490 e. The van der Waals surface area contributed by atoms with Gasteiger partial charge in [-0.25, -0.2) is 0 Å². The molecule has 0 atom stereocenters. The molecule has 0 saturated carbocycles. The fraction of sp³-hybridized carbons (Fsp3) is 0.444. The summed E-state index contributed by atoms with van der Waals surface area (Å²) in [6, 6.07) is 1.66. The van der Waals surface area contributed by atoms with Gasteiger partial charge in [-0.05, 0) is 22.0 Å². The molecule has 7 heteroatoms. The third kappa shape index (κ3) is 5.92. The SMILES string of the molecule is FC(F)(F)COCCOc1cncc(Br)c1. The predicted molar refractivity (Wildman–Crippen MR) is 54.3 cm³/mol. The molecule has 0 aliphatic rings. The lowest BCUT2D eigenvalue weighted by molar-refractivity contribution is -0.175. The summed E-state index contributed by atoms with van der Waals surface area (Å²) in [5.74, 6) is 0.477. The first-order valence-electron chi connectivity index (χ1n) is 4.35. The van der Waals surface area contributed by atoms with E-state index in [1.54, 1.807) is 12.3 Å². The van der Waals surface area contributed by atoms with Gasteiger partial charge in [0.2, 0.25) is 0 Å². The lowest BCUT2D eigenvalue weighted by Crippen LogP contribution is -2.19. The van der Waals surface area contributed by atoms with Crippen LogP contribution in [-0.2, 0) is 4.74 Å². The quantitative estimate of drug-likeness (QED) is 0.784. The van der Waals surface area contributed by atoms with Gasteiger partial charge in [-0.15, -0.1) is 0 Å². The Balaban J connectivity index is 2.17. The van der Waals surface area contributed by atoms with E-state index in [1.165, 1.54) is 6.20 Å². The van der Waals surface area contributed by atoms with Crippen molar-refractivity contribution in [2.24, 2.45) is 0 Å². The minimum atomic E-state index is -4.29. The summed E-state index contributed by atoms with van der Waals surface area (Å²) < 4.78 is 45.3. The normalized spacial score (nSPS) is 11.5. The highest BCUT2D eigenvalue weighted by Gasteiger charge is 2.27. The van der Waals surface area contributed by atoms with E-state index in [9.17, 15) is 13.2 Å². The summed E-state index contributed by atoms with van der Waals surface area (Å²) in [4.78, 5) is 3.83. The Morgan fingerprint density at radius 3 is 2.62 bits per heavy atom. The molecule has 0 amide bonds. The Hall–Kier alpha value is -0.820. The van der Waals surface area contributed by atoms with Gasteiger partial charge < -0.3 is 9.47 Å². The van der Waals surface area contributed by atoms with E-state index in [2.05, 4.69) is 25.7 Å². The Kier molecular flexibility index (Phi) is 5.01. The maximum atomic E-state index is 11.7. The van der Waals surface area contributed by atoms with Gasteiger partial charge in [0.25, 0.3) is 0 Å². The molecule has 0 aliphatic carbocycles. The molecule has 0 N–H and O–H groups in total. The fourth-order valence-corrected chi connectivity index (χ4v) is 1.22. The van der Waals surface area contributed by atoms with E-state index in [0.29, 0.717) is 5.75 Å². The van der Waals surface area contributed by atoms with Crippen LogP contribution in [0, 0.1) is 0 Å². The average Bonchev–Trinajstić information content (AvgIpc) is 2.15. The first-order chi connectivity index (χ1) is 7.47. The third-order valence-corrected chi connectivity index (χ3v) is 1.88. The van der Waals surface area contributed by atoms with Crippen LogP contribution in [0.2, 0.25) is 0 Å². The Morgan fingerprint density at radius 2 is 2.00 bits per heavy atom. The Bertz CT molecular complexity index is 333. The van der Waals surface area contributed by atoms with E-state index < -0.39 is 12.8 Å². The van der Waals surface area contributed by atoms with Crippen molar-refractivity contribution in [3.8, 4) is 5.75 Å². The average molecular weight is 300 g/mol. The molecule has 1 aromatic heterocycles. The molecule has 0 radical (unpaired) electrons. The number of hydrogen-bond donors (Lipinski definition) is 0. The van der Waals surface area contributed by atoms with Crippen molar-refractivity contribution in [1.29, 1.82) is 0 Å². The highest BCUT2D eigenvalue weighted by atomic mass is 79.9. The summed E-state index contributed by atoms with van der Waals surface area (Å²) >= 11 is 3.19. The van der Waals surface area contributed by atoms with Crippen LogP contribution in [0.3, 0.4) is 0 Å². The second-order valence-electron chi connectivity index (χ2n) is 2.86. The number of hydrogen-bond acceptors (Lipinski definition) is 3. The maximum absolute atomic E-state index is 11.7. The van der Waals surface area contributed by atoms with Crippen molar-refractivity contribution >= 4 is 15.9 Å². The van der Waals surface area contributed by atoms with Crippen molar-refractivity contribution < 1.29 is 22.6 Å². The van der Waals surface area contributed by atoms with Gasteiger partial charge in [0.1, 0.15) is 19.0 Å². The van der Waals surface area contributed by atoms with E-state index in [0.717, 1.165) is 4.47 Å². The molecule has 1 heterocycles. The second kappa shape index (κ2) is 6.05. The Morgan fingerprint density at radius 1 is 1.25 bits per heavy atom. The molecule has 0 unspecified atom stereocenters. The van der Waals surface area contributed by atoms with Crippen molar-refractivity contribution in [2.75, 3.05) is 19.8 Å². The highest BCUT2D eigenvalue weighted by Crippen LogP contribution is 2.16. The van der Waals surface area contributed by atoms with Gasteiger partial charge in [0.15, 0.2) is 0 Å². The topological polar surface area (TPSA) is 31.4 Å². The molecule has 0 aliphatic heterocycles. The molecule has 16 heavy (non-hydrogen) atoms. The monoisotopic (exact) mass is 299 g/mol. The van der Waals surface area contributed by atoms with E-state index in [1.807, 2.05) is 0 Å². The zero-order valence-corrected chi connectivity index (χ0v) is 9.71. The molecular weight excluding hydrogens is 291 g/mol. The van der Waals surface area contributed by atoms with Crippen LogP contribution in [0.4, 0.5) is 13.2 Å². The summed E-state index contributed by atoms with van der Waals surface area (Å²) in [6.07, 6.45) is -1.25. The molecule has 90 valence electrons. The molecule has 0 saturated heterocycles. The first kappa shape index (κ1) is 13.2. The number of alkyl halides is 3. The van der Waals surface area contributed by atoms with Crippen LogP contribution in [0.15, 0.2) is 22.9 Å². The van der Waals surface area contributed by atoms with Crippen LogP contribution in [0.5, 0.6) is 5.75 Å². The third-order valence-electron chi connectivity index (χ3n) is 1.44. The predicted octanol–water partition coefficient (Wildman–Crippen LogP) is 2.80. The van der Waals surface area contributed by atoms with Crippen molar-refractivity contribution in [3.05, 3.63) is 22.9 Å². The van der Waals surface area contributed by atoms with E-state index in [-0.39, 0.29) is 13.2 Å². The van der Waals surface area contributed by atoms with Crippen LogP contribution in [0.1, 0.15) is 0 Å². The summed E-state index contributed by atoms with van der Waals surface area (Å²) in [5, 5.41) is 0. The number of ether oxygens (including phenoxy) is 2. The van der Waals surface area contributed by atoms with Crippen LogP contribution < -0.4 is 4.74 Å². The number of nitrogens with zero attached hydrogens (tertiary/aromatic N) is 1. The van der Waals surface area contributed by atoms with Crippen molar-refractivity contribution in [2.45, 2.75) is 6.18 Å². The van der Waals surface area contributed by atoms with E-state index >= 15 is 0 Å². The van der Waals surface area contributed by atoms with E-state index in [4.69, 9.17) is 4.74 Å². The van der Waals surface area contributed by atoms with Gasteiger partial charge >= 0.3 is 6.18 Å². The lowest BCUT2D eigenvalue weighted by atomic mass is 10.5. The molecular formula is C9H9BrF3NO2. The van der Waals surface area contributed by atoms with Crippen molar-refractivity contribution in [1.82, 2.24) is 4.98 Å². The number of halogens is 4. The zero-order valence-electron chi connectivity index (χ0n) is 8.13. The summed E-state index contributed by atoms with van der Waals surface area (Å²) in [6.45, 7) is -1.33. The molecule has 1 aromatic rings. The van der Waals surface area contributed by atoms with Gasteiger partial charge in [0.05, 0.1) is 12.8 Å². The van der Waals surface area contributed by atoms with Gasteiger partial charge in [0, 0.05) is 10.7 Å². The molecule has 1 rings (SSSR count). The van der Waals surface area contributed by atoms with Crippen molar-refractivity contribution in [3.63, 3.8) is 0 Å². The summed E-state index contributed by atoms with van der Waals surface area (Å²) in [5.41, 5.74) is 0. The minimum Gasteiger partial charge on any atom is -0.490 e. The number of pyridine rings is 1. The molecule has 0 aromatic carbocycles. The second-order valence-corrected chi connectivity index (χ2v) is 3.77. The maximum Gasteiger partial charge on any atom is 0.411 e. The van der Waals surface area contributed by atoms with Crippen LogP contribution >= 0.6 is 15.9 Å². The number of rotatable bonds is 5. The van der Waals surface area contributed by atoms with Crippen LogP contribution in [0.25, 0.3) is 0 Å².